The second-order valence-corrected chi connectivity index (χ2v) is 14.7. The number of benzene rings is 3. The Bertz CT molecular complexity index is 1880. The molecular formula is C37H45N5O4S. The van der Waals surface area contributed by atoms with E-state index in [2.05, 4.69) is 33.9 Å². The van der Waals surface area contributed by atoms with Gasteiger partial charge < -0.3 is 4.90 Å². The summed E-state index contributed by atoms with van der Waals surface area (Å²) in [4.78, 5) is 32.3. The highest BCUT2D eigenvalue weighted by molar-refractivity contribution is 7.92. The number of sulfonamides is 1. The summed E-state index contributed by atoms with van der Waals surface area (Å²) in [6.07, 6.45) is 6.16. The van der Waals surface area contributed by atoms with Gasteiger partial charge in [0.25, 0.3) is 21.5 Å². The van der Waals surface area contributed by atoms with E-state index < -0.39 is 15.6 Å². The van der Waals surface area contributed by atoms with E-state index in [0.29, 0.717) is 29.4 Å². The predicted molar refractivity (Wildman–Crippen MR) is 185 cm³/mol. The molecule has 1 atom stereocenters. The molecule has 0 aliphatic carbocycles. The predicted octanol–water partition coefficient (Wildman–Crippen LogP) is 5.89. The number of aryl methyl sites for hydroxylation is 1. The van der Waals surface area contributed by atoms with Crippen molar-refractivity contribution in [2.45, 2.75) is 69.9 Å². The van der Waals surface area contributed by atoms with Crippen LogP contribution >= 0.6 is 0 Å². The fourth-order valence-corrected chi connectivity index (χ4v) is 8.39. The largest absolute Gasteiger partial charge is 0.335 e. The van der Waals surface area contributed by atoms with Gasteiger partial charge in [-0.15, -0.1) is 0 Å². The van der Waals surface area contributed by atoms with Gasteiger partial charge in [0.2, 0.25) is 0 Å². The second-order valence-electron chi connectivity index (χ2n) is 13.0. The molecule has 0 saturated carbocycles. The van der Waals surface area contributed by atoms with Crippen LogP contribution in [0.2, 0.25) is 0 Å². The molecule has 2 saturated heterocycles. The van der Waals surface area contributed by atoms with Crippen molar-refractivity contribution in [3.63, 3.8) is 0 Å². The zero-order valence-electron chi connectivity index (χ0n) is 27.6. The molecule has 10 heteroatoms. The summed E-state index contributed by atoms with van der Waals surface area (Å²) in [7, 11) is -2.46. The lowest BCUT2D eigenvalue weighted by atomic mass is 9.85. The molecule has 6 rings (SSSR count). The zero-order valence-corrected chi connectivity index (χ0v) is 28.4. The number of nitrogens with one attached hydrogen (secondary N) is 1. The Morgan fingerprint density at radius 2 is 1.53 bits per heavy atom. The number of carbonyl (C=O) groups excluding carboxylic acids is 1. The molecule has 2 fully saturated rings. The van der Waals surface area contributed by atoms with Gasteiger partial charge in [0.1, 0.15) is 5.69 Å². The lowest BCUT2D eigenvalue weighted by molar-refractivity contribution is 0.0514. The van der Waals surface area contributed by atoms with Crippen LogP contribution in [0.3, 0.4) is 0 Å². The molecule has 0 spiro atoms. The second kappa shape index (κ2) is 13.9. The van der Waals surface area contributed by atoms with Gasteiger partial charge >= 0.3 is 0 Å². The van der Waals surface area contributed by atoms with Gasteiger partial charge in [-0.3, -0.25) is 23.9 Å². The third-order valence-corrected chi connectivity index (χ3v) is 11.4. The Labute approximate surface area is 277 Å². The Morgan fingerprint density at radius 3 is 2.23 bits per heavy atom. The Balaban J connectivity index is 1.22. The molecule has 2 aliphatic heterocycles. The quantitative estimate of drug-likeness (QED) is 0.256. The maximum atomic E-state index is 14.3. The molecule has 0 radical (unpaired) electrons. The number of hydrogen-bond donors (Lipinski definition) is 1. The molecule has 1 N–H and O–H groups in total. The van der Waals surface area contributed by atoms with Gasteiger partial charge in [0, 0.05) is 31.7 Å². The van der Waals surface area contributed by atoms with E-state index in [1.165, 1.54) is 22.4 Å². The van der Waals surface area contributed by atoms with Crippen molar-refractivity contribution in [3.8, 4) is 5.69 Å². The molecule has 47 heavy (non-hydrogen) atoms. The van der Waals surface area contributed by atoms with E-state index in [1.807, 2.05) is 36.1 Å². The van der Waals surface area contributed by atoms with Gasteiger partial charge in [0.05, 0.1) is 16.3 Å². The van der Waals surface area contributed by atoms with E-state index in [9.17, 15) is 18.0 Å². The van der Waals surface area contributed by atoms with Crippen LogP contribution in [0.5, 0.6) is 0 Å². The van der Waals surface area contributed by atoms with Crippen molar-refractivity contribution >= 4 is 21.6 Å². The zero-order chi connectivity index (χ0) is 33.1. The summed E-state index contributed by atoms with van der Waals surface area (Å²) in [6.45, 7) is 7.17. The number of hydrogen-bond acceptors (Lipinski definition) is 5. The van der Waals surface area contributed by atoms with Crippen LogP contribution in [0, 0.1) is 19.8 Å². The van der Waals surface area contributed by atoms with Crippen LogP contribution in [-0.2, 0) is 23.6 Å². The minimum absolute atomic E-state index is 0.0176. The van der Waals surface area contributed by atoms with Crippen LogP contribution in [0.25, 0.3) is 5.69 Å². The molecule has 1 aromatic heterocycles. The average molecular weight is 656 g/mol. The minimum Gasteiger partial charge on any atom is -0.335 e. The van der Waals surface area contributed by atoms with Crippen LogP contribution < -0.4 is 10.3 Å². The van der Waals surface area contributed by atoms with Gasteiger partial charge in [-0.05, 0) is 93.9 Å². The number of para-hydroxylation sites is 1. The van der Waals surface area contributed by atoms with E-state index in [4.69, 9.17) is 0 Å². The molecule has 9 nitrogen and oxygen atoms in total. The number of likely N-dealkylation sites (tertiary alicyclic amines) is 2. The molecule has 4 aromatic rings. The van der Waals surface area contributed by atoms with Gasteiger partial charge in [-0.2, -0.15) is 0 Å². The number of aromatic nitrogens is 2. The van der Waals surface area contributed by atoms with Crippen molar-refractivity contribution in [2.75, 3.05) is 24.4 Å². The van der Waals surface area contributed by atoms with E-state index >= 15 is 0 Å². The molecule has 248 valence electrons. The summed E-state index contributed by atoms with van der Waals surface area (Å²) < 4.78 is 33.1. The first-order valence-corrected chi connectivity index (χ1v) is 18.2. The lowest BCUT2D eigenvalue weighted by Gasteiger charge is -2.41. The first-order chi connectivity index (χ1) is 22.6. The monoisotopic (exact) mass is 655 g/mol. The van der Waals surface area contributed by atoms with Crippen molar-refractivity contribution in [2.24, 2.45) is 13.0 Å². The van der Waals surface area contributed by atoms with Crippen molar-refractivity contribution < 1.29 is 13.2 Å². The molecule has 2 aliphatic rings. The maximum Gasteiger partial charge on any atom is 0.296 e. The Hall–Kier alpha value is -4.15. The number of anilines is 1. The van der Waals surface area contributed by atoms with Crippen molar-refractivity contribution in [1.29, 1.82) is 0 Å². The lowest BCUT2D eigenvalue weighted by Crippen LogP contribution is -2.48. The van der Waals surface area contributed by atoms with E-state index in [-0.39, 0.29) is 22.5 Å². The highest BCUT2D eigenvalue weighted by Gasteiger charge is 2.35. The molecule has 1 unspecified atom stereocenters. The number of amides is 1. The van der Waals surface area contributed by atoms with Crippen molar-refractivity contribution in [1.82, 2.24) is 19.2 Å². The Kier molecular flexibility index (Phi) is 9.70. The molecular weight excluding hydrogens is 611 g/mol. The highest BCUT2D eigenvalue weighted by Crippen LogP contribution is 2.32. The molecule has 0 bridgehead atoms. The normalized spacial score (nSPS) is 18.2. The first kappa shape index (κ1) is 32.8. The fraction of sp³-hybridized carbons (Fsp3) is 0.405. The minimum atomic E-state index is -4.17. The Morgan fingerprint density at radius 1 is 0.851 bits per heavy atom. The van der Waals surface area contributed by atoms with Crippen molar-refractivity contribution in [3.05, 3.63) is 112 Å². The summed E-state index contributed by atoms with van der Waals surface area (Å²) >= 11 is 0. The third-order valence-electron chi connectivity index (χ3n) is 10.0. The summed E-state index contributed by atoms with van der Waals surface area (Å²) in [5.74, 6) is 0.297. The van der Waals surface area contributed by atoms with Gasteiger partial charge in [0.15, 0.2) is 0 Å². The SMILES string of the molecule is Cc1ccc(S(=O)(=O)Nc2c(C)n(C)n(-c3ccccc3)c2=O)cc1C(=O)N1CCCCCC1C1CCN(Cc2ccccc2)CC1. The van der Waals surface area contributed by atoms with E-state index in [1.54, 1.807) is 36.9 Å². The standard InChI is InChI=1S/C37H45N5O4S/c1-27-18-19-32(47(45,46)38-35-28(2)39(3)42(37(35)44)31-15-9-5-10-16-31)25-33(27)36(43)41-22-12-6-11-17-34(41)30-20-23-40(24-21-30)26-29-13-7-4-8-14-29/h4-5,7-10,13-16,18-19,25,30,34,38H,6,11-12,17,20-24,26H2,1-3H3. The fourth-order valence-electron chi connectivity index (χ4n) is 7.25. The number of piperidine rings is 1. The number of rotatable bonds is 8. The van der Waals surface area contributed by atoms with Crippen LogP contribution in [0.1, 0.15) is 65.7 Å². The third kappa shape index (κ3) is 6.94. The number of carbonyl (C=O) groups is 1. The highest BCUT2D eigenvalue weighted by atomic mass is 32.2. The molecule has 3 aromatic carbocycles. The average Bonchev–Trinajstić information content (AvgIpc) is 3.23. The topological polar surface area (TPSA) is 96.6 Å². The van der Waals surface area contributed by atoms with Crippen LogP contribution in [0.15, 0.2) is 88.6 Å². The van der Waals surface area contributed by atoms with Gasteiger partial charge in [-0.1, -0.05) is 67.4 Å². The van der Waals surface area contributed by atoms with Crippen LogP contribution in [-0.4, -0.2) is 59.2 Å². The summed E-state index contributed by atoms with van der Waals surface area (Å²) in [6, 6.07) is 24.5. The van der Waals surface area contributed by atoms with Crippen LogP contribution in [0.4, 0.5) is 5.69 Å². The molecule has 3 heterocycles. The first-order valence-electron chi connectivity index (χ1n) is 16.7. The summed E-state index contributed by atoms with van der Waals surface area (Å²) in [5, 5.41) is 0. The smallest absolute Gasteiger partial charge is 0.296 e. The number of nitrogens with zero attached hydrogens (tertiary/aromatic N) is 4. The van der Waals surface area contributed by atoms with Gasteiger partial charge in [-0.25, -0.2) is 13.1 Å². The molecule has 1 amide bonds. The van der Waals surface area contributed by atoms with E-state index in [0.717, 1.165) is 63.7 Å². The maximum absolute atomic E-state index is 14.3. The summed E-state index contributed by atoms with van der Waals surface area (Å²) in [5.41, 5.74) is 3.08.